The van der Waals surface area contributed by atoms with Crippen LogP contribution in [0.2, 0.25) is 0 Å². The number of furan rings is 1. The van der Waals surface area contributed by atoms with Crippen LogP contribution in [0.1, 0.15) is 21.5 Å². The number of hydrogen-bond donors (Lipinski definition) is 0. The molecule has 0 amide bonds. The monoisotopic (exact) mass is 286 g/mol. The van der Waals surface area contributed by atoms with E-state index in [0.717, 1.165) is 27.5 Å². The average molecular weight is 286 g/mol. The maximum Gasteiger partial charge on any atom is 0.193 e. The maximum atomic E-state index is 12.6. The number of ketones is 1. The van der Waals surface area contributed by atoms with Crippen LogP contribution in [0.5, 0.6) is 0 Å². The third kappa shape index (κ3) is 2.01. The largest absolute Gasteiger partial charge is 0.456 e. The summed E-state index contributed by atoms with van der Waals surface area (Å²) >= 11 is 0. The lowest BCUT2D eigenvalue weighted by atomic mass is 10.0. The van der Waals surface area contributed by atoms with Gasteiger partial charge in [-0.25, -0.2) is 0 Å². The Labute approximate surface area is 128 Å². The van der Waals surface area contributed by atoms with Crippen molar-refractivity contribution in [1.29, 1.82) is 0 Å². The van der Waals surface area contributed by atoms with Gasteiger partial charge >= 0.3 is 0 Å². The zero-order chi connectivity index (χ0) is 15.1. The molecule has 0 unspecified atom stereocenters. The molecular formula is C20H14O2. The Balaban J connectivity index is 1.90. The molecule has 0 radical (unpaired) electrons. The van der Waals surface area contributed by atoms with Crippen LogP contribution >= 0.6 is 0 Å². The number of hydrogen-bond acceptors (Lipinski definition) is 2. The number of carbonyl (C=O) groups is 1. The SMILES string of the molecule is Cc1ccc2c(c1)oc1ccc(C(=O)c3ccccc3)cc12. The van der Waals surface area contributed by atoms with Crippen molar-refractivity contribution < 1.29 is 9.21 Å². The molecule has 1 heterocycles. The minimum atomic E-state index is 0.0314. The van der Waals surface area contributed by atoms with Gasteiger partial charge in [0, 0.05) is 21.9 Å². The quantitative estimate of drug-likeness (QED) is 0.478. The Morgan fingerprint density at radius 2 is 1.59 bits per heavy atom. The van der Waals surface area contributed by atoms with Crippen LogP contribution in [0.25, 0.3) is 21.9 Å². The van der Waals surface area contributed by atoms with Gasteiger partial charge in [0.2, 0.25) is 0 Å². The molecule has 0 bridgehead atoms. The van der Waals surface area contributed by atoms with Crippen molar-refractivity contribution in [3.8, 4) is 0 Å². The molecule has 0 N–H and O–H groups in total. The van der Waals surface area contributed by atoms with E-state index in [1.165, 1.54) is 0 Å². The molecular weight excluding hydrogens is 272 g/mol. The van der Waals surface area contributed by atoms with Gasteiger partial charge in [-0.1, -0.05) is 42.5 Å². The molecule has 3 aromatic carbocycles. The second-order valence-corrected chi connectivity index (χ2v) is 5.51. The Morgan fingerprint density at radius 3 is 2.41 bits per heavy atom. The second-order valence-electron chi connectivity index (χ2n) is 5.51. The van der Waals surface area contributed by atoms with E-state index in [1.54, 1.807) is 0 Å². The summed E-state index contributed by atoms with van der Waals surface area (Å²) in [5, 5.41) is 2.03. The topological polar surface area (TPSA) is 30.2 Å². The van der Waals surface area contributed by atoms with Crippen LogP contribution in [0.4, 0.5) is 0 Å². The van der Waals surface area contributed by atoms with Crippen LogP contribution in [-0.4, -0.2) is 5.78 Å². The summed E-state index contributed by atoms with van der Waals surface area (Å²) in [5.41, 5.74) is 4.21. The van der Waals surface area contributed by atoms with Crippen molar-refractivity contribution in [2.24, 2.45) is 0 Å². The smallest absolute Gasteiger partial charge is 0.193 e. The first-order valence-electron chi connectivity index (χ1n) is 7.25. The highest BCUT2D eigenvalue weighted by Crippen LogP contribution is 2.30. The summed E-state index contributed by atoms with van der Waals surface area (Å²) in [6.45, 7) is 2.04. The fraction of sp³-hybridized carbons (Fsp3) is 0.0500. The lowest BCUT2D eigenvalue weighted by Gasteiger charge is -2.01. The molecule has 0 saturated heterocycles. The first-order valence-corrected chi connectivity index (χ1v) is 7.25. The van der Waals surface area contributed by atoms with E-state index in [-0.39, 0.29) is 5.78 Å². The van der Waals surface area contributed by atoms with Crippen molar-refractivity contribution in [2.45, 2.75) is 6.92 Å². The molecule has 4 aromatic rings. The molecule has 1 aromatic heterocycles. The molecule has 2 nitrogen and oxygen atoms in total. The van der Waals surface area contributed by atoms with Gasteiger partial charge in [0.05, 0.1) is 0 Å². The van der Waals surface area contributed by atoms with Crippen LogP contribution < -0.4 is 0 Å². The van der Waals surface area contributed by atoms with Crippen molar-refractivity contribution in [2.75, 3.05) is 0 Å². The van der Waals surface area contributed by atoms with E-state index in [1.807, 2.05) is 67.6 Å². The van der Waals surface area contributed by atoms with E-state index in [0.29, 0.717) is 11.1 Å². The Kier molecular flexibility index (Phi) is 2.83. The van der Waals surface area contributed by atoms with E-state index >= 15 is 0 Å². The highest BCUT2D eigenvalue weighted by Gasteiger charge is 2.12. The van der Waals surface area contributed by atoms with Gasteiger partial charge in [0.25, 0.3) is 0 Å². The third-order valence-electron chi connectivity index (χ3n) is 3.92. The molecule has 0 aliphatic rings. The number of aryl methyl sites for hydroxylation is 1. The van der Waals surface area contributed by atoms with E-state index in [9.17, 15) is 4.79 Å². The zero-order valence-electron chi connectivity index (χ0n) is 12.2. The van der Waals surface area contributed by atoms with Gasteiger partial charge < -0.3 is 4.42 Å². The van der Waals surface area contributed by atoms with Crippen LogP contribution in [0.15, 0.2) is 71.1 Å². The van der Waals surface area contributed by atoms with Crippen LogP contribution in [-0.2, 0) is 0 Å². The number of fused-ring (bicyclic) bond motifs is 3. The average Bonchev–Trinajstić information content (AvgIpc) is 2.91. The molecule has 106 valence electrons. The predicted molar refractivity (Wildman–Crippen MR) is 88.3 cm³/mol. The van der Waals surface area contributed by atoms with Crippen molar-refractivity contribution in [3.05, 3.63) is 83.4 Å². The number of rotatable bonds is 2. The highest BCUT2D eigenvalue weighted by atomic mass is 16.3. The molecule has 4 rings (SSSR count). The van der Waals surface area contributed by atoms with Crippen molar-refractivity contribution in [1.82, 2.24) is 0 Å². The summed E-state index contributed by atoms with van der Waals surface area (Å²) in [4.78, 5) is 12.6. The third-order valence-corrected chi connectivity index (χ3v) is 3.92. The van der Waals surface area contributed by atoms with Gasteiger partial charge in [-0.15, -0.1) is 0 Å². The van der Waals surface area contributed by atoms with Gasteiger partial charge in [-0.2, -0.15) is 0 Å². The van der Waals surface area contributed by atoms with Gasteiger partial charge in [-0.05, 0) is 36.8 Å². The lowest BCUT2D eigenvalue weighted by molar-refractivity contribution is 0.103. The Bertz CT molecular complexity index is 994. The molecule has 0 fully saturated rings. The Hall–Kier alpha value is -2.87. The predicted octanol–water partition coefficient (Wildman–Crippen LogP) is 5.13. The van der Waals surface area contributed by atoms with E-state index in [2.05, 4.69) is 6.07 Å². The van der Waals surface area contributed by atoms with Gasteiger partial charge in [0.1, 0.15) is 11.2 Å². The Morgan fingerprint density at radius 1 is 0.773 bits per heavy atom. The van der Waals surface area contributed by atoms with Crippen LogP contribution in [0.3, 0.4) is 0 Å². The highest BCUT2D eigenvalue weighted by molar-refractivity contribution is 6.13. The van der Waals surface area contributed by atoms with Crippen LogP contribution in [0, 0.1) is 6.92 Å². The standard InChI is InChI=1S/C20H14O2/c1-13-7-9-16-17-12-15(8-10-18(17)22-19(16)11-13)20(21)14-5-3-2-4-6-14/h2-12H,1H3. The van der Waals surface area contributed by atoms with Gasteiger partial charge in [-0.3, -0.25) is 4.79 Å². The van der Waals surface area contributed by atoms with Crippen molar-refractivity contribution in [3.63, 3.8) is 0 Å². The molecule has 0 aliphatic carbocycles. The summed E-state index contributed by atoms with van der Waals surface area (Å²) in [6, 6.07) is 21.1. The van der Waals surface area contributed by atoms with Crippen molar-refractivity contribution >= 4 is 27.7 Å². The summed E-state index contributed by atoms with van der Waals surface area (Å²) in [6.07, 6.45) is 0. The van der Waals surface area contributed by atoms with E-state index < -0.39 is 0 Å². The minimum absolute atomic E-state index is 0.0314. The minimum Gasteiger partial charge on any atom is -0.456 e. The maximum absolute atomic E-state index is 12.6. The summed E-state index contributed by atoms with van der Waals surface area (Å²) in [5.74, 6) is 0.0314. The summed E-state index contributed by atoms with van der Waals surface area (Å²) in [7, 11) is 0. The van der Waals surface area contributed by atoms with E-state index in [4.69, 9.17) is 4.42 Å². The first kappa shape index (κ1) is 12.8. The fourth-order valence-electron chi connectivity index (χ4n) is 2.78. The molecule has 2 heteroatoms. The zero-order valence-corrected chi connectivity index (χ0v) is 12.2. The second kappa shape index (κ2) is 4.85. The normalized spacial score (nSPS) is 11.1. The fourth-order valence-corrected chi connectivity index (χ4v) is 2.78. The molecule has 0 aliphatic heterocycles. The first-order chi connectivity index (χ1) is 10.7. The molecule has 22 heavy (non-hydrogen) atoms. The summed E-state index contributed by atoms with van der Waals surface area (Å²) < 4.78 is 5.86. The molecule has 0 atom stereocenters. The number of benzene rings is 3. The van der Waals surface area contributed by atoms with Gasteiger partial charge in [0.15, 0.2) is 5.78 Å². The molecule has 0 spiro atoms. The number of carbonyl (C=O) groups excluding carboxylic acids is 1. The molecule has 0 saturated carbocycles. The lowest BCUT2D eigenvalue weighted by Crippen LogP contribution is -2.00.